The van der Waals surface area contributed by atoms with Crippen LogP contribution in [0.4, 0.5) is 0 Å². The van der Waals surface area contributed by atoms with E-state index in [0.29, 0.717) is 5.92 Å². The van der Waals surface area contributed by atoms with Crippen LogP contribution < -0.4 is 0 Å². The highest BCUT2D eigenvalue weighted by Gasteiger charge is 2.12. The topological polar surface area (TPSA) is 13.1 Å². The van der Waals surface area contributed by atoms with Gasteiger partial charge in [-0.05, 0) is 24.6 Å². The molecule has 0 saturated heterocycles. The largest absolute Gasteiger partial charge is 0.469 e. The molecule has 1 aromatic carbocycles. The molecule has 1 unspecified atom stereocenters. The first-order valence-corrected chi connectivity index (χ1v) is 6.56. The Kier molecular flexibility index (Phi) is 3.83. The van der Waals surface area contributed by atoms with Gasteiger partial charge < -0.3 is 4.42 Å². The molecule has 1 heterocycles. The molecule has 0 radical (unpaired) electrons. The van der Waals surface area contributed by atoms with Gasteiger partial charge in [0.15, 0.2) is 0 Å². The van der Waals surface area contributed by atoms with E-state index in [9.17, 15) is 0 Å². The maximum absolute atomic E-state index is 5.40. The minimum atomic E-state index is 0.478. The summed E-state index contributed by atoms with van der Waals surface area (Å²) < 4.78 is 5.40. The third-order valence-corrected chi connectivity index (χ3v) is 3.51. The van der Waals surface area contributed by atoms with Gasteiger partial charge in [-0.15, -0.1) is 0 Å². The van der Waals surface area contributed by atoms with E-state index in [1.807, 2.05) is 12.1 Å². The molecule has 84 valence electrons. The van der Waals surface area contributed by atoms with Gasteiger partial charge in [0.2, 0.25) is 0 Å². The number of alkyl halides is 1. The fourth-order valence-corrected chi connectivity index (χ4v) is 2.46. The maximum Gasteiger partial charge on any atom is 0.104 e. The van der Waals surface area contributed by atoms with Gasteiger partial charge in [-0.25, -0.2) is 0 Å². The Labute approximate surface area is 105 Å². The van der Waals surface area contributed by atoms with Crippen LogP contribution in [0.2, 0.25) is 0 Å². The van der Waals surface area contributed by atoms with E-state index in [0.717, 1.165) is 17.5 Å². The van der Waals surface area contributed by atoms with Crippen LogP contribution in [-0.2, 0) is 6.42 Å². The zero-order chi connectivity index (χ0) is 11.4. The first kappa shape index (κ1) is 11.5. The van der Waals surface area contributed by atoms with Crippen molar-refractivity contribution in [3.8, 4) is 0 Å². The van der Waals surface area contributed by atoms with Crippen molar-refractivity contribution in [2.45, 2.75) is 19.3 Å². The zero-order valence-electron chi connectivity index (χ0n) is 9.32. The van der Waals surface area contributed by atoms with E-state index in [2.05, 4.69) is 47.1 Å². The van der Waals surface area contributed by atoms with E-state index in [1.54, 1.807) is 6.26 Å². The summed E-state index contributed by atoms with van der Waals surface area (Å²) in [7, 11) is 0. The SMILES string of the molecule is Cc1cccc(C(CBr)Cc2ccco2)c1. The van der Waals surface area contributed by atoms with Gasteiger partial charge in [-0.2, -0.15) is 0 Å². The molecule has 2 heteroatoms. The lowest BCUT2D eigenvalue weighted by Gasteiger charge is -2.13. The normalized spacial score (nSPS) is 12.6. The van der Waals surface area contributed by atoms with Gasteiger partial charge in [-0.3, -0.25) is 0 Å². The quantitative estimate of drug-likeness (QED) is 0.760. The molecule has 0 spiro atoms. The van der Waals surface area contributed by atoms with Gasteiger partial charge in [0.05, 0.1) is 6.26 Å². The molecule has 0 fully saturated rings. The molecule has 1 nitrogen and oxygen atoms in total. The molecule has 0 aliphatic carbocycles. The van der Waals surface area contributed by atoms with Crippen LogP contribution in [0.1, 0.15) is 22.8 Å². The van der Waals surface area contributed by atoms with Gasteiger partial charge in [0.25, 0.3) is 0 Å². The molecule has 2 rings (SSSR count). The molecule has 0 aliphatic rings. The second-order valence-electron chi connectivity index (χ2n) is 4.05. The summed E-state index contributed by atoms with van der Waals surface area (Å²) in [6.07, 6.45) is 2.68. The molecule has 0 aliphatic heterocycles. The van der Waals surface area contributed by atoms with E-state index >= 15 is 0 Å². The number of aryl methyl sites for hydroxylation is 1. The Hall–Kier alpha value is -1.02. The van der Waals surface area contributed by atoms with Gasteiger partial charge >= 0.3 is 0 Å². The van der Waals surface area contributed by atoms with Crippen molar-refractivity contribution in [3.63, 3.8) is 0 Å². The van der Waals surface area contributed by atoms with E-state index in [4.69, 9.17) is 4.42 Å². The number of halogens is 1. The van der Waals surface area contributed by atoms with Crippen LogP contribution in [0, 0.1) is 6.92 Å². The van der Waals surface area contributed by atoms with Crippen molar-refractivity contribution in [3.05, 3.63) is 59.5 Å². The number of benzene rings is 1. The summed E-state index contributed by atoms with van der Waals surface area (Å²) in [6, 6.07) is 12.6. The van der Waals surface area contributed by atoms with Crippen molar-refractivity contribution in [2.24, 2.45) is 0 Å². The lowest BCUT2D eigenvalue weighted by Crippen LogP contribution is -2.04. The molecule has 2 aromatic rings. The van der Waals surface area contributed by atoms with Gasteiger partial charge in [0, 0.05) is 17.7 Å². The summed E-state index contributed by atoms with van der Waals surface area (Å²) in [5.74, 6) is 1.53. The van der Waals surface area contributed by atoms with Crippen molar-refractivity contribution >= 4 is 15.9 Å². The number of hydrogen-bond acceptors (Lipinski definition) is 1. The summed E-state index contributed by atoms with van der Waals surface area (Å²) in [5, 5.41) is 0.956. The third-order valence-electron chi connectivity index (χ3n) is 2.73. The summed E-state index contributed by atoms with van der Waals surface area (Å²) in [5.41, 5.74) is 2.68. The Morgan fingerprint density at radius 1 is 1.25 bits per heavy atom. The van der Waals surface area contributed by atoms with E-state index < -0.39 is 0 Å². The lowest BCUT2D eigenvalue weighted by molar-refractivity contribution is 0.494. The molecular formula is C14H15BrO. The van der Waals surface area contributed by atoms with E-state index in [1.165, 1.54) is 11.1 Å². The third kappa shape index (κ3) is 2.76. The average molecular weight is 279 g/mol. The summed E-state index contributed by atoms with van der Waals surface area (Å²) in [4.78, 5) is 0. The summed E-state index contributed by atoms with van der Waals surface area (Å²) in [6.45, 7) is 2.13. The highest BCUT2D eigenvalue weighted by Crippen LogP contribution is 2.23. The average Bonchev–Trinajstić information content (AvgIpc) is 2.78. The Bertz CT molecular complexity index is 434. The van der Waals surface area contributed by atoms with Crippen LogP contribution in [-0.4, -0.2) is 5.33 Å². The van der Waals surface area contributed by atoms with Crippen molar-refractivity contribution in [1.29, 1.82) is 0 Å². The molecule has 0 amide bonds. The van der Waals surface area contributed by atoms with Crippen molar-refractivity contribution in [2.75, 3.05) is 5.33 Å². The van der Waals surface area contributed by atoms with Crippen LogP contribution in [0.25, 0.3) is 0 Å². The van der Waals surface area contributed by atoms with Crippen LogP contribution in [0.5, 0.6) is 0 Å². The standard InChI is InChI=1S/C14H15BrO/c1-11-4-2-5-12(8-11)13(10-15)9-14-6-3-7-16-14/h2-8,13H,9-10H2,1H3. The Balaban J connectivity index is 2.16. The molecular weight excluding hydrogens is 264 g/mol. The van der Waals surface area contributed by atoms with Crippen LogP contribution >= 0.6 is 15.9 Å². The molecule has 0 saturated carbocycles. The molecule has 0 N–H and O–H groups in total. The lowest BCUT2D eigenvalue weighted by atomic mass is 9.95. The van der Waals surface area contributed by atoms with Crippen molar-refractivity contribution in [1.82, 2.24) is 0 Å². The van der Waals surface area contributed by atoms with Gasteiger partial charge in [-0.1, -0.05) is 45.8 Å². The van der Waals surface area contributed by atoms with E-state index in [-0.39, 0.29) is 0 Å². The fourth-order valence-electron chi connectivity index (χ4n) is 1.86. The van der Waals surface area contributed by atoms with Crippen LogP contribution in [0.15, 0.2) is 47.1 Å². The Morgan fingerprint density at radius 2 is 2.12 bits per heavy atom. The summed E-state index contributed by atoms with van der Waals surface area (Å²) >= 11 is 3.58. The molecule has 0 bridgehead atoms. The molecule has 1 atom stereocenters. The highest BCUT2D eigenvalue weighted by atomic mass is 79.9. The first-order valence-electron chi connectivity index (χ1n) is 5.44. The van der Waals surface area contributed by atoms with Crippen LogP contribution in [0.3, 0.4) is 0 Å². The minimum absolute atomic E-state index is 0.478. The van der Waals surface area contributed by atoms with Gasteiger partial charge in [0.1, 0.15) is 5.76 Å². The Morgan fingerprint density at radius 3 is 2.75 bits per heavy atom. The predicted molar refractivity (Wildman–Crippen MR) is 70.1 cm³/mol. The highest BCUT2D eigenvalue weighted by molar-refractivity contribution is 9.09. The molecule has 16 heavy (non-hydrogen) atoms. The zero-order valence-corrected chi connectivity index (χ0v) is 10.9. The number of furan rings is 1. The fraction of sp³-hybridized carbons (Fsp3) is 0.286. The predicted octanol–water partition coefficient (Wildman–Crippen LogP) is 4.31. The second kappa shape index (κ2) is 5.35. The smallest absolute Gasteiger partial charge is 0.104 e. The number of hydrogen-bond donors (Lipinski definition) is 0. The minimum Gasteiger partial charge on any atom is -0.469 e. The van der Waals surface area contributed by atoms with Crippen molar-refractivity contribution < 1.29 is 4.42 Å². The maximum atomic E-state index is 5.40. The number of rotatable bonds is 4. The monoisotopic (exact) mass is 278 g/mol. The molecule has 1 aromatic heterocycles. The first-order chi connectivity index (χ1) is 7.79. The second-order valence-corrected chi connectivity index (χ2v) is 4.70.